The van der Waals surface area contributed by atoms with Crippen LogP contribution in [0.5, 0.6) is 0 Å². The number of carbonyl (C=O) groups is 2. The van der Waals surface area contributed by atoms with E-state index in [4.69, 9.17) is 39.5 Å². The number of Topliss-reactive ketones (excluding diaryl/α,β-unsaturated/α-hetero) is 1. The standard InChI is InChI=1S/C15H14Cl3NO3/c16-15(17,18)7-22-14(21)19-13-9-3-1-2-8(9)6-11-10(13)4-5-12(11)20/h6H,1-5,7H2,(H,19,21). The minimum Gasteiger partial charge on any atom is -0.445 e. The summed E-state index contributed by atoms with van der Waals surface area (Å²) < 4.78 is 3.28. The third-order valence-corrected chi connectivity index (χ3v) is 4.33. The average molecular weight is 363 g/mol. The minimum absolute atomic E-state index is 0.127. The van der Waals surface area contributed by atoms with Gasteiger partial charge in [0.25, 0.3) is 0 Å². The van der Waals surface area contributed by atoms with Crippen LogP contribution in [0.2, 0.25) is 0 Å². The van der Waals surface area contributed by atoms with Crippen molar-refractivity contribution in [2.24, 2.45) is 0 Å². The summed E-state index contributed by atoms with van der Waals surface area (Å²) in [5.41, 5.74) is 4.56. The van der Waals surface area contributed by atoms with Crippen LogP contribution in [0.3, 0.4) is 0 Å². The van der Waals surface area contributed by atoms with Crippen molar-refractivity contribution in [2.75, 3.05) is 11.9 Å². The van der Waals surface area contributed by atoms with Crippen molar-refractivity contribution in [3.63, 3.8) is 0 Å². The number of benzene rings is 1. The van der Waals surface area contributed by atoms with Gasteiger partial charge in [0.1, 0.15) is 6.61 Å². The number of carbonyl (C=O) groups excluding carboxylic acids is 2. The molecule has 0 heterocycles. The first-order chi connectivity index (χ1) is 10.3. The Morgan fingerprint density at radius 3 is 2.68 bits per heavy atom. The molecule has 7 heteroatoms. The van der Waals surface area contributed by atoms with Crippen LogP contribution in [-0.4, -0.2) is 22.3 Å². The minimum atomic E-state index is -1.64. The smallest absolute Gasteiger partial charge is 0.411 e. The Labute approximate surface area is 143 Å². The molecule has 1 aromatic rings. The van der Waals surface area contributed by atoms with E-state index in [-0.39, 0.29) is 12.4 Å². The Bertz CT molecular complexity index is 652. The molecule has 0 saturated heterocycles. The van der Waals surface area contributed by atoms with E-state index in [2.05, 4.69) is 5.32 Å². The summed E-state index contributed by atoms with van der Waals surface area (Å²) in [4.78, 5) is 23.9. The van der Waals surface area contributed by atoms with Crippen molar-refractivity contribution in [1.29, 1.82) is 0 Å². The van der Waals surface area contributed by atoms with Gasteiger partial charge in [0.2, 0.25) is 3.79 Å². The van der Waals surface area contributed by atoms with Gasteiger partial charge in [-0.25, -0.2) is 4.79 Å². The normalized spacial score (nSPS) is 16.4. The topological polar surface area (TPSA) is 55.4 Å². The second-order valence-electron chi connectivity index (χ2n) is 5.51. The number of aryl methyl sites for hydroxylation is 1. The van der Waals surface area contributed by atoms with Crippen LogP contribution in [0.25, 0.3) is 0 Å². The van der Waals surface area contributed by atoms with Gasteiger partial charge in [-0.2, -0.15) is 0 Å². The number of alkyl halides is 3. The van der Waals surface area contributed by atoms with Gasteiger partial charge in [0.15, 0.2) is 5.78 Å². The van der Waals surface area contributed by atoms with Crippen molar-refractivity contribution in [3.8, 4) is 0 Å². The maximum Gasteiger partial charge on any atom is 0.411 e. The summed E-state index contributed by atoms with van der Waals surface area (Å²) >= 11 is 16.7. The molecule has 0 fully saturated rings. The maximum absolute atomic E-state index is 12.0. The van der Waals surface area contributed by atoms with E-state index in [1.807, 2.05) is 6.07 Å². The van der Waals surface area contributed by atoms with Gasteiger partial charge >= 0.3 is 6.09 Å². The molecule has 22 heavy (non-hydrogen) atoms. The number of fused-ring (bicyclic) bond motifs is 2. The van der Waals surface area contributed by atoms with Crippen LogP contribution in [0.4, 0.5) is 10.5 Å². The predicted octanol–water partition coefficient (Wildman–Crippen LogP) is 4.22. The Hall–Kier alpha value is -0.970. The van der Waals surface area contributed by atoms with Gasteiger partial charge in [-0.05, 0) is 48.4 Å². The lowest BCUT2D eigenvalue weighted by Gasteiger charge is -2.17. The number of ketones is 1. The summed E-state index contributed by atoms with van der Waals surface area (Å²) in [7, 11) is 0. The zero-order valence-corrected chi connectivity index (χ0v) is 13.9. The van der Waals surface area contributed by atoms with Gasteiger partial charge in [0.05, 0.1) is 5.69 Å². The van der Waals surface area contributed by atoms with Gasteiger partial charge in [-0.3, -0.25) is 10.1 Å². The lowest BCUT2D eigenvalue weighted by Crippen LogP contribution is -2.22. The predicted molar refractivity (Wildman–Crippen MR) is 86.4 cm³/mol. The van der Waals surface area contributed by atoms with Gasteiger partial charge in [-0.15, -0.1) is 0 Å². The number of hydrogen-bond acceptors (Lipinski definition) is 3. The monoisotopic (exact) mass is 361 g/mol. The molecule has 118 valence electrons. The fraction of sp³-hybridized carbons (Fsp3) is 0.467. The molecule has 0 bridgehead atoms. The molecule has 0 saturated carbocycles. The number of anilines is 1. The second-order valence-corrected chi connectivity index (χ2v) is 8.02. The molecule has 2 aliphatic rings. The number of ether oxygens (including phenoxy) is 1. The molecule has 0 spiro atoms. The first kappa shape index (κ1) is 15.9. The van der Waals surface area contributed by atoms with Crippen LogP contribution in [-0.2, 0) is 24.0 Å². The maximum atomic E-state index is 12.0. The van der Waals surface area contributed by atoms with E-state index >= 15 is 0 Å². The van der Waals surface area contributed by atoms with Crippen molar-refractivity contribution in [1.82, 2.24) is 0 Å². The molecular formula is C15H14Cl3NO3. The fourth-order valence-corrected chi connectivity index (χ4v) is 3.27. The molecule has 4 nitrogen and oxygen atoms in total. The Morgan fingerprint density at radius 1 is 1.18 bits per heavy atom. The largest absolute Gasteiger partial charge is 0.445 e. The molecule has 0 unspecified atom stereocenters. The number of amides is 1. The van der Waals surface area contributed by atoms with E-state index in [1.54, 1.807) is 0 Å². The number of nitrogens with one attached hydrogen (secondary N) is 1. The third-order valence-electron chi connectivity index (χ3n) is 4.00. The molecule has 0 radical (unpaired) electrons. The van der Waals surface area contributed by atoms with E-state index in [0.717, 1.165) is 41.5 Å². The molecule has 3 rings (SSSR count). The molecule has 2 aliphatic carbocycles. The first-order valence-electron chi connectivity index (χ1n) is 7.06. The van der Waals surface area contributed by atoms with Gasteiger partial charge in [0, 0.05) is 12.0 Å². The zero-order chi connectivity index (χ0) is 15.9. The molecule has 0 aliphatic heterocycles. The lowest BCUT2D eigenvalue weighted by atomic mass is 9.98. The molecule has 1 N–H and O–H groups in total. The van der Waals surface area contributed by atoms with Crippen LogP contribution in [0.15, 0.2) is 6.07 Å². The van der Waals surface area contributed by atoms with E-state index in [1.165, 1.54) is 0 Å². The number of rotatable bonds is 2. The summed E-state index contributed by atoms with van der Waals surface area (Å²) in [6.45, 7) is -0.334. The highest BCUT2D eigenvalue weighted by Gasteiger charge is 2.29. The Morgan fingerprint density at radius 2 is 1.95 bits per heavy atom. The summed E-state index contributed by atoms with van der Waals surface area (Å²) in [6.07, 6.45) is 3.28. The second kappa shape index (κ2) is 5.91. The molecular weight excluding hydrogens is 349 g/mol. The van der Waals surface area contributed by atoms with Crippen LogP contribution in [0, 0.1) is 0 Å². The lowest BCUT2D eigenvalue weighted by molar-refractivity contribution is 0.0994. The highest BCUT2D eigenvalue weighted by atomic mass is 35.6. The Kier molecular flexibility index (Phi) is 4.27. The summed E-state index contributed by atoms with van der Waals surface area (Å²) in [6, 6.07) is 1.98. The van der Waals surface area contributed by atoms with Gasteiger partial charge in [-0.1, -0.05) is 34.8 Å². The highest BCUT2D eigenvalue weighted by Crippen LogP contribution is 2.38. The van der Waals surface area contributed by atoms with E-state index in [0.29, 0.717) is 18.5 Å². The van der Waals surface area contributed by atoms with E-state index in [9.17, 15) is 9.59 Å². The molecule has 1 amide bonds. The van der Waals surface area contributed by atoms with Crippen LogP contribution < -0.4 is 5.32 Å². The first-order valence-corrected chi connectivity index (χ1v) is 8.20. The summed E-state index contributed by atoms with van der Waals surface area (Å²) in [5.74, 6) is 0.127. The quantitative estimate of drug-likeness (QED) is 0.801. The van der Waals surface area contributed by atoms with Crippen molar-refractivity contribution in [3.05, 3.63) is 28.3 Å². The Balaban J connectivity index is 1.86. The van der Waals surface area contributed by atoms with Crippen molar-refractivity contribution < 1.29 is 14.3 Å². The molecule has 0 atom stereocenters. The molecule has 0 aromatic heterocycles. The summed E-state index contributed by atoms with van der Waals surface area (Å²) in [5, 5.41) is 2.75. The zero-order valence-electron chi connectivity index (χ0n) is 11.7. The fourth-order valence-electron chi connectivity index (χ4n) is 3.11. The average Bonchev–Trinajstić information content (AvgIpc) is 3.03. The third kappa shape index (κ3) is 3.19. The molecule has 1 aromatic carbocycles. The van der Waals surface area contributed by atoms with Crippen LogP contribution in [0.1, 0.15) is 39.9 Å². The van der Waals surface area contributed by atoms with E-state index < -0.39 is 9.89 Å². The SMILES string of the molecule is O=C(Nc1c2c(cc3c1CCC3=O)CCC2)OCC(Cl)(Cl)Cl. The van der Waals surface area contributed by atoms with Crippen molar-refractivity contribution >= 4 is 52.4 Å². The van der Waals surface area contributed by atoms with Crippen molar-refractivity contribution in [2.45, 2.75) is 35.9 Å². The number of hydrogen-bond donors (Lipinski definition) is 1. The highest BCUT2D eigenvalue weighted by molar-refractivity contribution is 6.67. The van der Waals surface area contributed by atoms with Crippen LogP contribution >= 0.6 is 34.8 Å². The number of halogens is 3. The van der Waals surface area contributed by atoms with Gasteiger partial charge < -0.3 is 4.74 Å².